The fraction of sp³-hybridized carbons (Fsp3) is 0. The van der Waals surface area contributed by atoms with Gasteiger partial charge in [0.15, 0.2) is 25.5 Å². The van der Waals surface area contributed by atoms with Crippen LogP contribution in [0.1, 0.15) is 0 Å². The lowest BCUT2D eigenvalue weighted by atomic mass is 10.0. The molecule has 6 aromatic carbocycles. The first-order valence-corrected chi connectivity index (χ1v) is 16.5. The minimum Gasteiger partial charge on any atom is -0.208 e. The Morgan fingerprint density at radius 3 is 1.28 bits per heavy atom. The molecule has 1 aliphatic heterocycles. The predicted octanol–water partition coefficient (Wildman–Crippen LogP) is 6.23. The largest absolute Gasteiger partial charge is 0.208 e. The summed E-state index contributed by atoms with van der Waals surface area (Å²) < 4.78 is 0. The maximum Gasteiger partial charge on any atom is 0.180 e. The van der Waals surface area contributed by atoms with Gasteiger partial charge >= 0.3 is 0 Å². The van der Waals surface area contributed by atoms with Crippen molar-refractivity contribution in [3.05, 3.63) is 164 Å². The first-order chi connectivity index (χ1) is 21.3. The van der Waals surface area contributed by atoms with Gasteiger partial charge in [0.2, 0.25) is 0 Å². The van der Waals surface area contributed by atoms with E-state index >= 15 is 0 Å². The molecule has 0 spiro atoms. The molecule has 3 nitrogen and oxygen atoms in total. The van der Waals surface area contributed by atoms with Crippen molar-refractivity contribution in [1.82, 2.24) is 15.0 Å². The monoisotopic (exact) mass is 565 g/mol. The molecule has 0 amide bonds. The second kappa shape index (κ2) is 10.4. The lowest BCUT2D eigenvalue weighted by molar-refractivity contribution is 1.07. The maximum absolute atomic E-state index is 5.02. The lowest BCUT2D eigenvalue weighted by Gasteiger charge is -2.31. The molecule has 7 aromatic rings. The highest BCUT2D eigenvalue weighted by atomic mass is 28.3. The van der Waals surface area contributed by atoms with Crippen LogP contribution >= 0.6 is 0 Å². The molecule has 0 fully saturated rings. The molecule has 0 unspecified atom stereocenters. The van der Waals surface area contributed by atoms with Gasteiger partial charge in [0, 0.05) is 16.7 Å². The standard InChI is InChI=1S/C39H27N3Si/c1-5-15-28(16-6-1)37-40-38(29-17-7-2-8-18-29)42-39(41-37)30-25-26-36-34(27-30)33-23-13-14-24-35(33)43(36,31-19-9-3-10-20-31)32-21-11-4-12-22-32/h1-27H. The Balaban J connectivity index is 1.38. The van der Waals surface area contributed by atoms with Crippen LogP contribution in [-0.4, -0.2) is 23.0 Å². The van der Waals surface area contributed by atoms with E-state index in [1.165, 1.54) is 31.9 Å². The Bertz CT molecular complexity index is 1960. The van der Waals surface area contributed by atoms with E-state index in [2.05, 4.69) is 103 Å². The third-order valence-corrected chi connectivity index (χ3v) is 13.3. The van der Waals surface area contributed by atoms with Crippen LogP contribution in [0.15, 0.2) is 164 Å². The van der Waals surface area contributed by atoms with Gasteiger partial charge < -0.3 is 0 Å². The zero-order valence-electron chi connectivity index (χ0n) is 23.4. The van der Waals surface area contributed by atoms with E-state index in [0.717, 1.165) is 16.7 Å². The Morgan fingerprint density at radius 1 is 0.326 bits per heavy atom. The van der Waals surface area contributed by atoms with Gasteiger partial charge in [-0.25, -0.2) is 15.0 Å². The zero-order valence-corrected chi connectivity index (χ0v) is 24.4. The highest BCUT2D eigenvalue weighted by Gasteiger charge is 2.48. The summed E-state index contributed by atoms with van der Waals surface area (Å²) >= 11 is 0. The number of rotatable bonds is 5. The lowest BCUT2D eigenvalue weighted by Crippen LogP contribution is -2.72. The number of benzene rings is 6. The average molecular weight is 566 g/mol. The van der Waals surface area contributed by atoms with Crippen LogP contribution in [-0.2, 0) is 0 Å². The molecule has 0 N–H and O–H groups in total. The summed E-state index contributed by atoms with van der Waals surface area (Å²) in [6.45, 7) is 0. The smallest absolute Gasteiger partial charge is 0.180 e. The zero-order chi connectivity index (χ0) is 28.6. The molecule has 0 bridgehead atoms. The maximum atomic E-state index is 5.02. The Kier molecular flexibility index (Phi) is 6.13. The molecule has 0 radical (unpaired) electrons. The fourth-order valence-electron chi connectivity index (χ4n) is 6.53. The van der Waals surface area contributed by atoms with Gasteiger partial charge in [0.1, 0.15) is 0 Å². The summed E-state index contributed by atoms with van der Waals surface area (Å²) in [4.78, 5) is 14.9. The van der Waals surface area contributed by atoms with Gasteiger partial charge in [-0.05, 0) is 37.9 Å². The van der Waals surface area contributed by atoms with E-state index in [-0.39, 0.29) is 0 Å². The molecule has 1 aromatic heterocycles. The summed E-state index contributed by atoms with van der Waals surface area (Å²) in [5.74, 6) is 2.01. The summed E-state index contributed by atoms with van der Waals surface area (Å²) in [5, 5.41) is 5.59. The van der Waals surface area contributed by atoms with Crippen LogP contribution in [0.5, 0.6) is 0 Å². The van der Waals surface area contributed by atoms with Gasteiger partial charge in [-0.2, -0.15) is 0 Å². The molecule has 0 saturated heterocycles. The molecule has 0 atom stereocenters. The van der Waals surface area contributed by atoms with Gasteiger partial charge in [-0.1, -0.05) is 158 Å². The van der Waals surface area contributed by atoms with Gasteiger partial charge in [-0.15, -0.1) is 0 Å². The molecular weight excluding hydrogens is 539 g/mol. The predicted molar refractivity (Wildman–Crippen MR) is 179 cm³/mol. The van der Waals surface area contributed by atoms with Crippen LogP contribution < -0.4 is 20.7 Å². The van der Waals surface area contributed by atoms with Gasteiger partial charge in [0.05, 0.1) is 0 Å². The number of aromatic nitrogens is 3. The van der Waals surface area contributed by atoms with Gasteiger partial charge in [0.25, 0.3) is 0 Å². The third-order valence-electron chi connectivity index (χ3n) is 8.42. The highest BCUT2D eigenvalue weighted by Crippen LogP contribution is 2.32. The molecule has 8 rings (SSSR count). The van der Waals surface area contributed by atoms with Crippen LogP contribution in [0.2, 0.25) is 0 Å². The molecular formula is C39H27N3Si. The molecule has 2 heterocycles. The second-order valence-electron chi connectivity index (χ2n) is 10.8. The van der Waals surface area contributed by atoms with E-state index in [1.54, 1.807) is 0 Å². The Hall–Kier alpha value is -5.45. The van der Waals surface area contributed by atoms with Gasteiger partial charge in [-0.3, -0.25) is 0 Å². The van der Waals surface area contributed by atoms with E-state index in [0.29, 0.717) is 17.5 Å². The van der Waals surface area contributed by atoms with Crippen molar-refractivity contribution in [2.45, 2.75) is 0 Å². The summed E-state index contributed by atoms with van der Waals surface area (Å²) in [7, 11) is -2.53. The van der Waals surface area contributed by atoms with Crippen molar-refractivity contribution >= 4 is 28.8 Å². The van der Waals surface area contributed by atoms with Crippen molar-refractivity contribution in [2.24, 2.45) is 0 Å². The van der Waals surface area contributed by atoms with Crippen LogP contribution in [0.3, 0.4) is 0 Å². The van der Waals surface area contributed by atoms with E-state index in [1.807, 2.05) is 60.7 Å². The van der Waals surface area contributed by atoms with E-state index < -0.39 is 8.07 Å². The van der Waals surface area contributed by atoms with Crippen LogP contribution in [0.4, 0.5) is 0 Å². The summed E-state index contributed by atoms with van der Waals surface area (Å²) in [5.41, 5.74) is 5.47. The highest BCUT2D eigenvalue weighted by molar-refractivity contribution is 7.22. The normalized spacial score (nSPS) is 12.8. The van der Waals surface area contributed by atoms with Crippen molar-refractivity contribution in [3.8, 4) is 45.3 Å². The minimum atomic E-state index is -2.53. The molecule has 0 saturated carbocycles. The van der Waals surface area contributed by atoms with Crippen LogP contribution in [0, 0.1) is 0 Å². The Labute approximate surface area is 252 Å². The van der Waals surface area contributed by atoms with Crippen molar-refractivity contribution in [1.29, 1.82) is 0 Å². The fourth-order valence-corrected chi connectivity index (χ4v) is 11.7. The third kappa shape index (κ3) is 4.15. The second-order valence-corrected chi connectivity index (χ2v) is 14.6. The number of hydrogen-bond acceptors (Lipinski definition) is 3. The first kappa shape index (κ1) is 25.3. The van der Waals surface area contributed by atoms with Crippen molar-refractivity contribution in [2.75, 3.05) is 0 Å². The molecule has 0 aliphatic carbocycles. The number of hydrogen-bond donors (Lipinski definition) is 0. The summed E-state index contributed by atoms with van der Waals surface area (Å²) in [6, 6.07) is 58.2. The number of fused-ring (bicyclic) bond motifs is 3. The molecule has 4 heteroatoms. The molecule has 1 aliphatic rings. The Morgan fingerprint density at radius 2 is 0.744 bits per heavy atom. The quantitative estimate of drug-likeness (QED) is 0.232. The van der Waals surface area contributed by atoms with E-state index in [4.69, 9.17) is 15.0 Å². The first-order valence-electron chi connectivity index (χ1n) is 14.5. The summed E-state index contributed by atoms with van der Waals surface area (Å²) in [6.07, 6.45) is 0. The van der Waals surface area contributed by atoms with Crippen LogP contribution in [0.25, 0.3) is 45.3 Å². The molecule has 202 valence electrons. The number of nitrogens with zero attached hydrogens (tertiary/aromatic N) is 3. The van der Waals surface area contributed by atoms with Crippen molar-refractivity contribution < 1.29 is 0 Å². The van der Waals surface area contributed by atoms with Crippen molar-refractivity contribution in [3.63, 3.8) is 0 Å². The minimum absolute atomic E-state index is 0.669. The topological polar surface area (TPSA) is 38.7 Å². The molecule has 43 heavy (non-hydrogen) atoms. The van der Waals surface area contributed by atoms with E-state index in [9.17, 15) is 0 Å². The SMILES string of the molecule is c1ccc(-c2nc(-c3ccccc3)nc(-c3ccc4c(c3)-c3ccccc3[Si]4(c3ccccc3)c3ccccc3)n2)cc1. The average Bonchev–Trinajstić information content (AvgIpc) is 3.40.